The smallest absolute Gasteiger partial charge is 0.407 e. The maximum atomic E-state index is 12.5. The summed E-state index contributed by atoms with van der Waals surface area (Å²) in [6.07, 6.45) is 22.4. The van der Waals surface area contributed by atoms with Gasteiger partial charge in [0.25, 0.3) is 0 Å². The molecule has 1 amide bonds. The predicted octanol–water partition coefficient (Wildman–Crippen LogP) is 10.2. The molecule has 4 aliphatic carbocycles. The Morgan fingerprint density at radius 2 is 1.58 bits per heavy atom. The van der Waals surface area contributed by atoms with Crippen molar-refractivity contribution in [1.82, 2.24) is 5.32 Å². The number of unbranched alkanes of at least 4 members (excludes halogenated alkanes) is 4. The highest BCUT2D eigenvalue weighted by Gasteiger charge is 2.60. The number of alkyl carbamates (subject to hydrolysis) is 1. The van der Waals surface area contributed by atoms with E-state index in [4.69, 9.17) is 4.74 Å². The molecule has 3 heteroatoms. The lowest BCUT2D eigenvalue weighted by atomic mass is 9.44. The monoisotopic (exact) mass is 529 g/mol. The van der Waals surface area contributed by atoms with Crippen LogP contribution in [0.2, 0.25) is 0 Å². The zero-order valence-corrected chi connectivity index (χ0v) is 26.2. The molecule has 0 bridgehead atoms. The largest absolute Gasteiger partial charge is 0.446 e. The highest BCUT2D eigenvalue weighted by atomic mass is 16.6. The van der Waals surface area contributed by atoms with Crippen LogP contribution in [-0.4, -0.2) is 18.7 Å². The van der Waals surface area contributed by atoms with Gasteiger partial charge in [-0.3, -0.25) is 0 Å². The van der Waals surface area contributed by atoms with Gasteiger partial charge in [-0.25, -0.2) is 4.79 Å². The van der Waals surface area contributed by atoms with E-state index in [9.17, 15) is 4.79 Å². The second kappa shape index (κ2) is 13.3. The molecule has 0 aromatic rings. The molecule has 0 aromatic heterocycles. The Bertz CT molecular complexity index is 750. The summed E-state index contributed by atoms with van der Waals surface area (Å²) in [4.78, 5) is 12.5. The van der Waals surface area contributed by atoms with Gasteiger partial charge >= 0.3 is 6.09 Å². The van der Waals surface area contributed by atoms with Gasteiger partial charge in [-0.05, 0) is 116 Å². The van der Waals surface area contributed by atoms with Crippen molar-refractivity contribution < 1.29 is 9.53 Å². The molecule has 4 aliphatic rings. The zero-order valence-electron chi connectivity index (χ0n) is 26.2. The maximum Gasteiger partial charge on any atom is 0.407 e. The average molecular weight is 530 g/mol. The van der Waals surface area contributed by atoms with E-state index in [-0.39, 0.29) is 12.2 Å². The topological polar surface area (TPSA) is 38.3 Å². The van der Waals surface area contributed by atoms with E-state index >= 15 is 0 Å². The fourth-order valence-electron chi connectivity index (χ4n) is 10.5. The molecule has 0 aromatic carbocycles. The average Bonchev–Trinajstić information content (AvgIpc) is 3.23. The quantitative estimate of drug-likeness (QED) is 0.255. The summed E-state index contributed by atoms with van der Waals surface area (Å²) in [5.41, 5.74) is 1.04. The summed E-state index contributed by atoms with van der Waals surface area (Å²) in [6, 6.07) is 0. The van der Waals surface area contributed by atoms with Gasteiger partial charge in [-0.15, -0.1) is 0 Å². The molecule has 1 unspecified atom stereocenters. The Hall–Kier alpha value is -0.730. The van der Waals surface area contributed by atoms with Crippen LogP contribution in [0.3, 0.4) is 0 Å². The summed E-state index contributed by atoms with van der Waals surface area (Å²) in [5, 5.41) is 3.03. The number of fused-ring (bicyclic) bond motifs is 5. The Labute approximate surface area is 236 Å². The van der Waals surface area contributed by atoms with Gasteiger partial charge in [0.1, 0.15) is 6.10 Å². The number of hydrogen-bond donors (Lipinski definition) is 1. The molecule has 0 saturated heterocycles. The van der Waals surface area contributed by atoms with Crippen molar-refractivity contribution in [3.8, 4) is 0 Å². The van der Waals surface area contributed by atoms with E-state index in [0.717, 1.165) is 67.2 Å². The Kier molecular flexibility index (Phi) is 10.6. The number of nitrogens with one attached hydrogen (secondary N) is 1. The van der Waals surface area contributed by atoms with Crippen molar-refractivity contribution in [2.75, 3.05) is 6.54 Å². The van der Waals surface area contributed by atoms with Gasteiger partial charge in [0.05, 0.1) is 0 Å². The lowest BCUT2D eigenvalue weighted by Gasteiger charge is -2.61. The summed E-state index contributed by atoms with van der Waals surface area (Å²) < 4.78 is 5.97. The molecule has 0 spiro atoms. The van der Waals surface area contributed by atoms with Crippen LogP contribution in [0.15, 0.2) is 0 Å². The number of hydrogen-bond acceptors (Lipinski definition) is 2. The minimum absolute atomic E-state index is 0.126. The van der Waals surface area contributed by atoms with E-state index in [1.807, 2.05) is 0 Å². The molecule has 4 rings (SSSR count). The summed E-state index contributed by atoms with van der Waals surface area (Å²) >= 11 is 0. The van der Waals surface area contributed by atoms with Crippen LogP contribution >= 0.6 is 0 Å². The van der Waals surface area contributed by atoms with Crippen LogP contribution in [-0.2, 0) is 4.74 Å². The van der Waals surface area contributed by atoms with Gasteiger partial charge in [0, 0.05) is 6.54 Å². The maximum absolute atomic E-state index is 12.5. The molecule has 3 nitrogen and oxygen atoms in total. The van der Waals surface area contributed by atoms with E-state index in [0.29, 0.717) is 10.8 Å². The lowest BCUT2D eigenvalue weighted by Crippen LogP contribution is -2.54. The third kappa shape index (κ3) is 6.59. The van der Waals surface area contributed by atoms with Crippen LogP contribution in [0, 0.1) is 52.3 Å². The molecule has 9 atom stereocenters. The van der Waals surface area contributed by atoms with Gasteiger partial charge in [0.2, 0.25) is 0 Å². The van der Waals surface area contributed by atoms with E-state index < -0.39 is 0 Å². The molecule has 38 heavy (non-hydrogen) atoms. The van der Waals surface area contributed by atoms with Gasteiger partial charge in [0.15, 0.2) is 0 Å². The normalized spacial score (nSPS) is 39.2. The Morgan fingerprint density at radius 3 is 2.34 bits per heavy atom. The summed E-state index contributed by atoms with van der Waals surface area (Å²) in [6.45, 7) is 15.7. The van der Waals surface area contributed by atoms with E-state index in [2.05, 4.69) is 46.9 Å². The Morgan fingerprint density at radius 1 is 0.842 bits per heavy atom. The lowest BCUT2D eigenvalue weighted by molar-refractivity contribution is -0.129. The van der Waals surface area contributed by atoms with Crippen molar-refractivity contribution in [2.24, 2.45) is 52.3 Å². The zero-order chi connectivity index (χ0) is 27.3. The molecular formula is C35H63NO2. The SMILES string of the molecule is CCCCCCCNC(=O)O[C@H]1CC[C@@]2(C)C(CC[C@H]3[C@@H]4CC[C@H]([C@H](C)CCCC(C)C)[C@@]4(C)CC[C@@H]32)C1. The van der Waals surface area contributed by atoms with Crippen molar-refractivity contribution in [2.45, 2.75) is 157 Å². The first-order valence-corrected chi connectivity index (χ1v) is 17.1. The number of amides is 1. The first-order valence-electron chi connectivity index (χ1n) is 17.1. The van der Waals surface area contributed by atoms with E-state index in [1.165, 1.54) is 89.9 Å². The fourth-order valence-corrected chi connectivity index (χ4v) is 10.5. The first-order chi connectivity index (χ1) is 18.2. The molecule has 0 aliphatic heterocycles. The molecule has 0 heterocycles. The minimum atomic E-state index is -0.171. The standard InChI is InChI=1S/C35H63NO2/c1-7-8-9-10-11-23-36-33(37)38-28-19-21-34(5)27(24-28)15-16-29-31-18-17-30(26(4)14-12-13-25(2)3)35(31,6)22-20-32(29)34/h25-32H,7-24H2,1-6H3,(H,36,37)/t26-,27?,28+,29+,30-,31+,32+,34+,35-/m1/s1. The Balaban J connectivity index is 1.28. The fraction of sp³-hybridized carbons (Fsp3) is 0.971. The van der Waals surface area contributed by atoms with Gasteiger partial charge in [-0.2, -0.15) is 0 Å². The second-order valence-corrected chi connectivity index (χ2v) is 15.3. The minimum Gasteiger partial charge on any atom is -0.446 e. The number of ether oxygens (including phenoxy) is 1. The van der Waals surface area contributed by atoms with Crippen LogP contribution in [0.25, 0.3) is 0 Å². The second-order valence-electron chi connectivity index (χ2n) is 15.3. The third-order valence-corrected chi connectivity index (χ3v) is 12.6. The predicted molar refractivity (Wildman–Crippen MR) is 160 cm³/mol. The molecule has 220 valence electrons. The van der Waals surface area contributed by atoms with Crippen molar-refractivity contribution in [3.05, 3.63) is 0 Å². The molecule has 4 saturated carbocycles. The highest BCUT2D eigenvalue weighted by molar-refractivity contribution is 5.67. The highest BCUT2D eigenvalue weighted by Crippen LogP contribution is 2.68. The molecular weight excluding hydrogens is 466 g/mol. The van der Waals surface area contributed by atoms with Crippen molar-refractivity contribution in [1.29, 1.82) is 0 Å². The molecule has 0 radical (unpaired) electrons. The van der Waals surface area contributed by atoms with Crippen LogP contribution < -0.4 is 5.32 Å². The van der Waals surface area contributed by atoms with Crippen LogP contribution in [0.4, 0.5) is 4.79 Å². The van der Waals surface area contributed by atoms with Crippen LogP contribution in [0.1, 0.15) is 151 Å². The molecule has 4 fully saturated rings. The van der Waals surface area contributed by atoms with Crippen molar-refractivity contribution in [3.63, 3.8) is 0 Å². The van der Waals surface area contributed by atoms with E-state index in [1.54, 1.807) is 0 Å². The number of rotatable bonds is 12. The molecule has 1 N–H and O–H groups in total. The van der Waals surface area contributed by atoms with Crippen molar-refractivity contribution >= 4 is 6.09 Å². The summed E-state index contributed by atoms with van der Waals surface area (Å²) in [5.74, 6) is 6.21. The third-order valence-electron chi connectivity index (χ3n) is 12.6. The van der Waals surface area contributed by atoms with Gasteiger partial charge < -0.3 is 10.1 Å². The number of carbonyl (C=O) groups is 1. The van der Waals surface area contributed by atoms with Crippen LogP contribution in [0.5, 0.6) is 0 Å². The number of carbonyl (C=O) groups excluding carboxylic acids is 1. The first kappa shape index (κ1) is 30.2. The van der Waals surface area contributed by atoms with Gasteiger partial charge in [-0.1, -0.05) is 86.5 Å². The summed E-state index contributed by atoms with van der Waals surface area (Å²) in [7, 11) is 0.